The van der Waals surface area contributed by atoms with Gasteiger partial charge in [-0.3, -0.25) is 4.79 Å². The summed E-state index contributed by atoms with van der Waals surface area (Å²) in [6.45, 7) is 2.22. The first-order valence-electron chi connectivity index (χ1n) is 8.06. The van der Waals surface area contributed by atoms with Gasteiger partial charge in [0.15, 0.2) is 17.3 Å². The predicted molar refractivity (Wildman–Crippen MR) is 98.7 cm³/mol. The van der Waals surface area contributed by atoms with Crippen LogP contribution in [0.4, 0.5) is 0 Å². The van der Waals surface area contributed by atoms with E-state index in [0.717, 1.165) is 22.4 Å². The Morgan fingerprint density at radius 3 is 2.85 bits per heavy atom. The first kappa shape index (κ1) is 15.1. The van der Waals surface area contributed by atoms with Gasteiger partial charge in [-0.25, -0.2) is 4.40 Å². The monoisotopic (exact) mass is 363 g/mol. The van der Waals surface area contributed by atoms with Crippen LogP contribution in [0.1, 0.15) is 11.1 Å². The Hall–Kier alpha value is -3.19. The van der Waals surface area contributed by atoms with Crippen molar-refractivity contribution >= 4 is 22.4 Å². The lowest BCUT2D eigenvalue weighted by Gasteiger charge is -2.01. The molecule has 6 nitrogen and oxygen atoms in total. The minimum atomic E-state index is -0.120. The minimum absolute atomic E-state index is 0.120. The summed E-state index contributed by atoms with van der Waals surface area (Å²) in [5.41, 5.74) is 2.71. The van der Waals surface area contributed by atoms with E-state index in [2.05, 4.69) is 10.2 Å². The number of rotatable bonds is 2. The number of thiazole rings is 1. The van der Waals surface area contributed by atoms with E-state index >= 15 is 0 Å². The fourth-order valence-corrected chi connectivity index (χ4v) is 3.93. The zero-order valence-corrected chi connectivity index (χ0v) is 14.6. The van der Waals surface area contributed by atoms with Crippen molar-refractivity contribution in [2.24, 2.45) is 0 Å². The molecule has 0 saturated heterocycles. The molecule has 0 amide bonds. The molecule has 0 bridgehead atoms. The van der Waals surface area contributed by atoms with Gasteiger partial charge in [0.05, 0.1) is 4.53 Å². The molecule has 2 aromatic heterocycles. The summed E-state index contributed by atoms with van der Waals surface area (Å²) in [6.07, 6.45) is 1.84. The smallest absolute Gasteiger partial charge is 0.276 e. The number of aromatic nitrogens is 3. The average molecular weight is 363 g/mol. The normalized spacial score (nSPS) is 13.7. The molecule has 0 atom stereocenters. The van der Waals surface area contributed by atoms with E-state index in [1.54, 1.807) is 4.40 Å². The largest absolute Gasteiger partial charge is 0.454 e. The van der Waals surface area contributed by atoms with Crippen LogP contribution < -0.4 is 19.6 Å². The lowest BCUT2D eigenvalue weighted by Crippen LogP contribution is -2.23. The van der Waals surface area contributed by atoms with Crippen molar-refractivity contribution < 1.29 is 9.47 Å². The van der Waals surface area contributed by atoms with Gasteiger partial charge in [0.25, 0.3) is 5.56 Å². The van der Waals surface area contributed by atoms with Gasteiger partial charge in [0.1, 0.15) is 0 Å². The minimum Gasteiger partial charge on any atom is -0.454 e. The SMILES string of the molecule is Cc1ccccc1-c1nnc2s/c(=C/c3ccc4c(c3)OCO4)c(=O)n12. The molecule has 26 heavy (non-hydrogen) atoms. The number of nitrogens with zero attached hydrogens (tertiary/aromatic N) is 3. The zero-order valence-electron chi connectivity index (χ0n) is 13.8. The maximum Gasteiger partial charge on any atom is 0.276 e. The van der Waals surface area contributed by atoms with Crippen LogP contribution in [0, 0.1) is 6.92 Å². The number of aryl methyl sites for hydroxylation is 1. The fourth-order valence-electron chi connectivity index (χ4n) is 3.02. The highest BCUT2D eigenvalue weighted by Crippen LogP contribution is 2.32. The van der Waals surface area contributed by atoms with E-state index in [1.165, 1.54) is 11.3 Å². The Balaban J connectivity index is 1.68. The van der Waals surface area contributed by atoms with Gasteiger partial charge in [0, 0.05) is 5.56 Å². The van der Waals surface area contributed by atoms with E-state index in [0.29, 0.717) is 21.1 Å². The molecule has 0 saturated carbocycles. The van der Waals surface area contributed by atoms with Crippen molar-refractivity contribution in [1.82, 2.24) is 14.6 Å². The fraction of sp³-hybridized carbons (Fsp3) is 0.105. The van der Waals surface area contributed by atoms with Gasteiger partial charge in [0.2, 0.25) is 11.8 Å². The third-order valence-electron chi connectivity index (χ3n) is 4.33. The third-order valence-corrected chi connectivity index (χ3v) is 5.29. The predicted octanol–water partition coefficient (Wildman–Crippen LogP) is 2.40. The molecule has 1 aliphatic heterocycles. The molecule has 7 heteroatoms. The van der Waals surface area contributed by atoms with E-state index in [-0.39, 0.29) is 12.4 Å². The maximum atomic E-state index is 12.9. The number of ether oxygens (including phenoxy) is 2. The molecule has 0 spiro atoms. The molecule has 3 heterocycles. The van der Waals surface area contributed by atoms with Gasteiger partial charge in [-0.1, -0.05) is 41.7 Å². The maximum absolute atomic E-state index is 12.9. The summed E-state index contributed by atoms with van der Waals surface area (Å²) >= 11 is 1.32. The second-order valence-corrected chi connectivity index (χ2v) is 6.99. The summed E-state index contributed by atoms with van der Waals surface area (Å²) in [4.78, 5) is 13.5. The van der Waals surface area contributed by atoms with Gasteiger partial charge >= 0.3 is 0 Å². The quantitative estimate of drug-likeness (QED) is 0.547. The summed E-state index contributed by atoms with van der Waals surface area (Å²) in [5, 5.41) is 8.40. The summed E-state index contributed by atoms with van der Waals surface area (Å²) in [7, 11) is 0. The third kappa shape index (κ3) is 2.28. The second kappa shape index (κ2) is 5.67. The van der Waals surface area contributed by atoms with Crippen LogP contribution >= 0.6 is 11.3 Å². The standard InChI is InChI=1S/C19H13N3O3S/c1-11-4-2-3-5-13(11)17-20-21-19-22(17)18(23)16(26-19)9-12-6-7-14-15(8-12)25-10-24-14/h2-9H,10H2,1H3/b16-9+. The van der Waals surface area contributed by atoms with E-state index in [4.69, 9.17) is 9.47 Å². The molecule has 0 N–H and O–H groups in total. The first-order valence-corrected chi connectivity index (χ1v) is 8.88. The molecule has 5 rings (SSSR count). The number of benzene rings is 2. The van der Waals surface area contributed by atoms with Crippen LogP contribution in [-0.4, -0.2) is 21.4 Å². The summed E-state index contributed by atoms with van der Waals surface area (Å²) in [6, 6.07) is 13.4. The van der Waals surface area contributed by atoms with Crippen LogP contribution in [0.5, 0.6) is 11.5 Å². The number of hydrogen-bond donors (Lipinski definition) is 0. The highest BCUT2D eigenvalue weighted by molar-refractivity contribution is 7.15. The van der Waals surface area contributed by atoms with Gasteiger partial charge in [-0.15, -0.1) is 10.2 Å². The highest BCUT2D eigenvalue weighted by Gasteiger charge is 2.16. The van der Waals surface area contributed by atoms with E-state index in [1.807, 2.05) is 55.5 Å². The number of fused-ring (bicyclic) bond motifs is 2. The zero-order chi connectivity index (χ0) is 17.7. The van der Waals surface area contributed by atoms with Crippen molar-refractivity contribution in [3.05, 3.63) is 68.5 Å². The van der Waals surface area contributed by atoms with Crippen LogP contribution in [0.25, 0.3) is 22.4 Å². The van der Waals surface area contributed by atoms with Crippen LogP contribution in [-0.2, 0) is 0 Å². The Morgan fingerprint density at radius 1 is 1.12 bits per heavy atom. The molecular weight excluding hydrogens is 350 g/mol. The molecule has 0 radical (unpaired) electrons. The molecule has 4 aromatic rings. The van der Waals surface area contributed by atoms with Crippen LogP contribution in [0.15, 0.2) is 47.3 Å². The lowest BCUT2D eigenvalue weighted by molar-refractivity contribution is 0.174. The second-order valence-electron chi connectivity index (χ2n) is 5.99. The van der Waals surface area contributed by atoms with Crippen molar-refractivity contribution in [2.75, 3.05) is 6.79 Å². The summed E-state index contributed by atoms with van der Waals surface area (Å²) in [5.74, 6) is 1.98. The Kier molecular flexibility index (Phi) is 3.29. The molecule has 1 aliphatic rings. The Labute approximate surface area is 151 Å². The number of hydrogen-bond acceptors (Lipinski definition) is 6. The van der Waals surface area contributed by atoms with Crippen LogP contribution in [0.3, 0.4) is 0 Å². The molecule has 0 unspecified atom stereocenters. The molecular formula is C19H13N3O3S. The van der Waals surface area contributed by atoms with Crippen molar-refractivity contribution in [3.63, 3.8) is 0 Å². The highest BCUT2D eigenvalue weighted by atomic mass is 32.1. The summed E-state index contributed by atoms with van der Waals surface area (Å²) < 4.78 is 12.9. The lowest BCUT2D eigenvalue weighted by atomic mass is 10.1. The van der Waals surface area contributed by atoms with Gasteiger partial charge in [-0.2, -0.15) is 0 Å². The topological polar surface area (TPSA) is 65.7 Å². The molecule has 2 aromatic carbocycles. The van der Waals surface area contributed by atoms with Crippen molar-refractivity contribution in [1.29, 1.82) is 0 Å². The first-order chi connectivity index (χ1) is 12.7. The van der Waals surface area contributed by atoms with E-state index < -0.39 is 0 Å². The van der Waals surface area contributed by atoms with Crippen molar-refractivity contribution in [2.45, 2.75) is 6.92 Å². The molecule has 128 valence electrons. The molecule has 0 aliphatic carbocycles. The van der Waals surface area contributed by atoms with Gasteiger partial charge in [-0.05, 0) is 36.3 Å². The Morgan fingerprint density at radius 2 is 1.96 bits per heavy atom. The Bertz CT molecular complexity index is 1260. The van der Waals surface area contributed by atoms with Gasteiger partial charge < -0.3 is 9.47 Å². The van der Waals surface area contributed by atoms with Crippen LogP contribution in [0.2, 0.25) is 0 Å². The van der Waals surface area contributed by atoms with Crippen molar-refractivity contribution in [3.8, 4) is 22.9 Å². The average Bonchev–Trinajstić information content (AvgIpc) is 3.33. The van der Waals surface area contributed by atoms with E-state index in [9.17, 15) is 4.79 Å². The molecule has 0 fully saturated rings.